The molecule has 524 valence electrons. The fourth-order valence-corrected chi connectivity index (χ4v) is 12.2. The maximum atomic E-state index is 12.4. The van der Waals surface area contributed by atoms with Crippen LogP contribution in [0.2, 0.25) is 0 Å². The molecule has 0 aromatic carbocycles. The molecule has 1 unspecified atom stereocenters. The Balaban J connectivity index is 3.38. The molecule has 90 heavy (non-hydrogen) atoms. The number of allylic oxidation sites excluding steroid dienone is 14. The molecular formula is C85H154O5. The molecule has 0 fully saturated rings. The van der Waals surface area contributed by atoms with Crippen molar-refractivity contribution in [3.8, 4) is 0 Å². The van der Waals surface area contributed by atoms with Crippen LogP contribution in [0.3, 0.4) is 0 Å². The normalized spacial score (nSPS) is 12.6. The van der Waals surface area contributed by atoms with Gasteiger partial charge in [-0.25, -0.2) is 0 Å². The van der Waals surface area contributed by atoms with E-state index in [1.807, 2.05) is 0 Å². The Hall–Kier alpha value is -2.92. The molecule has 1 atom stereocenters. The van der Waals surface area contributed by atoms with Gasteiger partial charge in [-0.3, -0.25) is 9.59 Å². The first-order valence-corrected chi connectivity index (χ1v) is 40.1. The molecule has 0 rings (SSSR count). The minimum Gasteiger partial charge on any atom is -0.462 e. The highest BCUT2D eigenvalue weighted by Gasteiger charge is 2.16. The van der Waals surface area contributed by atoms with Gasteiger partial charge in [0.1, 0.15) is 6.61 Å². The maximum absolute atomic E-state index is 12.4. The molecule has 0 saturated heterocycles. The zero-order chi connectivity index (χ0) is 64.7. The van der Waals surface area contributed by atoms with Crippen molar-refractivity contribution >= 4 is 11.9 Å². The standard InChI is InChI=1S/C85H154O5/c1-3-5-7-9-11-13-15-17-19-21-23-25-27-29-31-33-35-37-39-40-41-42-43-44-46-47-49-51-53-55-57-59-61-63-65-67-69-71-73-75-77-79-84(87)89-82-83(81-86)90-85(88)80-78-76-74-72-70-68-66-64-62-60-58-56-54-52-50-48-45-38-36-34-32-30-28-26-24-22-20-18-16-14-12-10-8-6-4-2/h6,8,12,14-15,17-18,20-21,23-24,26,30,32,83,86H,3-5,7,9-11,13,16,19,22,25,27-29,31,33-82H2,1-2H3/b8-6-,14-12-,17-15-,20-18-,23-21-,26-24-,32-30-. The highest BCUT2D eigenvalue weighted by atomic mass is 16.6. The van der Waals surface area contributed by atoms with E-state index < -0.39 is 6.10 Å². The molecule has 1 N–H and O–H groups in total. The van der Waals surface area contributed by atoms with E-state index in [2.05, 4.69) is 98.9 Å². The molecule has 0 saturated carbocycles. The van der Waals surface area contributed by atoms with Gasteiger partial charge in [0.15, 0.2) is 6.10 Å². The van der Waals surface area contributed by atoms with E-state index in [1.165, 1.54) is 321 Å². The summed E-state index contributed by atoms with van der Waals surface area (Å²) < 4.78 is 10.8. The maximum Gasteiger partial charge on any atom is 0.306 e. The summed E-state index contributed by atoms with van der Waals surface area (Å²) in [6, 6.07) is 0. The summed E-state index contributed by atoms with van der Waals surface area (Å²) in [6.45, 7) is 4.07. The molecule has 0 aliphatic carbocycles. The van der Waals surface area contributed by atoms with Crippen LogP contribution in [-0.4, -0.2) is 36.4 Å². The summed E-state index contributed by atoms with van der Waals surface area (Å²) in [5.74, 6) is -0.568. The molecule has 0 radical (unpaired) electrons. The Morgan fingerprint density at radius 1 is 0.267 bits per heavy atom. The predicted octanol–water partition coefficient (Wildman–Crippen LogP) is 28.3. The topological polar surface area (TPSA) is 72.8 Å². The lowest BCUT2D eigenvalue weighted by molar-refractivity contribution is -0.161. The minimum absolute atomic E-state index is 0.0615. The van der Waals surface area contributed by atoms with Crippen molar-refractivity contribution in [2.75, 3.05) is 13.2 Å². The number of hydrogen-bond donors (Lipinski definition) is 1. The first-order valence-electron chi connectivity index (χ1n) is 40.1. The molecule has 0 aliphatic heterocycles. The summed E-state index contributed by atoms with van der Waals surface area (Å²) in [6.07, 6.45) is 114. The molecule has 0 aliphatic rings. The third-order valence-corrected chi connectivity index (χ3v) is 18.2. The number of unbranched alkanes of at least 4 members (excludes halogenated alkanes) is 53. The number of aliphatic hydroxyl groups excluding tert-OH is 1. The SMILES string of the molecule is CC/C=C\C/C=C\C/C=C\C/C=C\C/C=C\CCCCCCCCCCCCCCCCCCCCCC(=O)OC(CO)COC(=O)CCCCCCCCCCCCCCCCCCCCCCCCCCCCCCC/C=C\C/C=C\CCCCCCC. The lowest BCUT2D eigenvalue weighted by atomic mass is 10.0. The van der Waals surface area contributed by atoms with Crippen LogP contribution in [-0.2, 0) is 19.1 Å². The van der Waals surface area contributed by atoms with Gasteiger partial charge in [0, 0.05) is 12.8 Å². The second-order valence-corrected chi connectivity index (χ2v) is 27.1. The van der Waals surface area contributed by atoms with Gasteiger partial charge >= 0.3 is 11.9 Å². The third-order valence-electron chi connectivity index (χ3n) is 18.2. The van der Waals surface area contributed by atoms with E-state index in [-0.39, 0.29) is 25.2 Å². The third kappa shape index (κ3) is 77.5. The van der Waals surface area contributed by atoms with Crippen LogP contribution >= 0.6 is 0 Å². The molecule has 5 heteroatoms. The van der Waals surface area contributed by atoms with Crippen molar-refractivity contribution in [2.45, 2.75) is 431 Å². The van der Waals surface area contributed by atoms with Crippen molar-refractivity contribution in [3.63, 3.8) is 0 Å². The van der Waals surface area contributed by atoms with E-state index >= 15 is 0 Å². The number of ether oxygens (including phenoxy) is 2. The monoisotopic (exact) mass is 1260 g/mol. The Bertz CT molecular complexity index is 1620. The zero-order valence-corrected chi connectivity index (χ0v) is 60.4. The fourth-order valence-electron chi connectivity index (χ4n) is 12.2. The highest BCUT2D eigenvalue weighted by Crippen LogP contribution is 2.20. The highest BCUT2D eigenvalue weighted by molar-refractivity contribution is 5.70. The van der Waals surface area contributed by atoms with E-state index in [0.717, 1.165) is 77.0 Å². The van der Waals surface area contributed by atoms with Crippen molar-refractivity contribution < 1.29 is 24.2 Å². The first kappa shape index (κ1) is 87.1. The van der Waals surface area contributed by atoms with E-state index in [9.17, 15) is 14.7 Å². The lowest BCUT2D eigenvalue weighted by Crippen LogP contribution is -2.28. The van der Waals surface area contributed by atoms with Gasteiger partial charge in [0.2, 0.25) is 0 Å². The number of esters is 2. The number of rotatable bonds is 75. The zero-order valence-electron chi connectivity index (χ0n) is 60.4. The van der Waals surface area contributed by atoms with Crippen molar-refractivity contribution in [2.24, 2.45) is 0 Å². The van der Waals surface area contributed by atoms with Crippen LogP contribution in [0.5, 0.6) is 0 Å². The van der Waals surface area contributed by atoms with E-state index in [4.69, 9.17) is 9.47 Å². The van der Waals surface area contributed by atoms with Crippen LogP contribution < -0.4 is 0 Å². The molecule has 0 spiro atoms. The number of carbonyl (C=O) groups is 2. The predicted molar refractivity (Wildman–Crippen MR) is 399 cm³/mol. The van der Waals surface area contributed by atoms with Crippen molar-refractivity contribution in [1.29, 1.82) is 0 Å². The van der Waals surface area contributed by atoms with Gasteiger partial charge in [0.25, 0.3) is 0 Å². The van der Waals surface area contributed by atoms with Gasteiger partial charge in [0.05, 0.1) is 6.61 Å². The molecule has 0 aromatic heterocycles. The number of carbonyl (C=O) groups excluding carboxylic acids is 2. The average Bonchev–Trinajstić information content (AvgIpc) is 3.58. The van der Waals surface area contributed by atoms with Crippen molar-refractivity contribution in [1.82, 2.24) is 0 Å². The summed E-state index contributed by atoms with van der Waals surface area (Å²) in [5.41, 5.74) is 0. The average molecular weight is 1260 g/mol. The Morgan fingerprint density at radius 2 is 0.478 bits per heavy atom. The van der Waals surface area contributed by atoms with Gasteiger partial charge < -0.3 is 14.6 Å². The fraction of sp³-hybridized carbons (Fsp3) is 0.812. The molecular weight excluding hydrogens is 1100 g/mol. The molecule has 0 amide bonds. The second-order valence-electron chi connectivity index (χ2n) is 27.1. The lowest BCUT2D eigenvalue weighted by Gasteiger charge is -2.15. The van der Waals surface area contributed by atoms with Crippen LogP contribution in [0.25, 0.3) is 0 Å². The second kappa shape index (κ2) is 80.3. The Kier molecular flexibility index (Phi) is 77.7. The van der Waals surface area contributed by atoms with Crippen LogP contribution in [0, 0.1) is 0 Å². The molecule has 0 heterocycles. The molecule has 5 nitrogen and oxygen atoms in total. The summed E-state index contributed by atoms with van der Waals surface area (Å²) >= 11 is 0. The minimum atomic E-state index is -0.773. The Morgan fingerprint density at radius 3 is 0.722 bits per heavy atom. The quantitative estimate of drug-likeness (QED) is 0.0373. The van der Waals surface area contributed by atoms with E-state index in [1.54, 1.807) is 0 Å². The molecule has 0 aromatic rings. The molecule has 0 bridgehead atoms. The number of aliphatic hydroxyl groups is 1. The largest absolute Gasteiger partial charge is 0.462 e. The van der Waals surface area contributed by atoms with Gasteiger partial charge in [-0.1, -0.05) is 407 Å². The van der Waals surface area contributed by atoms with E-state index in [0.29, 0.717) is 12.8 Å². The summed E-state index contributed by atoms with van der Waals surface area (Å²) in [4.78, 5) is 24.7. The van der Waals surface area contributed by atoms with Gasteiger partial charge in [-0.2, -0.15) is 0 Å². The van der Waals surface area contributed by atoms with Crippen LogP contribution in [0.1, 0.15) is 425 Å². The van der Waals surface area contributed by atoms with Crippen LogP contribution in [0.4, 0.5) is 0 Å². The van der Waals surface area contributed by atoms with Gasteiger partial charge in [-0.05, 0) is 89.9 Å². The summed E-state index contributed by atoms with van der Waals surface area (Å²) in [5, 5.41) is 9.73. The number of hydrogen-bond acceptors (Lipinski definition) is 5. The smallest absolute Gasteiger partial charge is 0.306 e. The summed E-state index contributed by atoms with van der Waals surface area (Å²) in [7, 11) is 0. The Labute approximate surface area is 562 Å². The van der Waals surface area contributed by atoms with Crippen LogP contribution in [0.15, 0.2) is 85.1 Å². The van der Waals surface area contributed by atoms with Gasteiger partial charge in [-0.15, -0.1) is 0 Å². The first-order chi connectivity index (χ1) is 44.6. The van der Waals surface area contributed by atoms with Crippen molar-refractivity contribution in [3.05, 3.63) is 85.1 Å².